The summed E-state index contributed by atoms with van der Waals surface area (Å²) in [5.74, 6) is 0. The van der Waals surface area contributed by atoms with E-state index in [1.807, 2.05) is 12.4 Å². The molecule has 0 radical (unpaired) electrons. The van der Waals surface area contributed by atoms with E-state index in [0.29, 0.717) is 5.11 Å². The molecule has 0 aliphatic carbocycles. The molecule has 0 aromatic heterocycles. The molecule has 0 aliphatic heterocycles. The summed E-state index contributed by atoms with van der Waals surface area (Å²) in [5, 5.41) is 8.71. The van der Waals surface area contributed by atoms with Crippen LogP contribution < -0.4 is 10.9 Å². The van der Waals surface area contributed by atoms with E-state index < -0.39 is 0 Å². The molecule has 0 unspecified atom stereocenters. The van der Waals surface area contributed by atoms with Crippen molar-refractivity contribution < 1.29 is 0 Å². The van der Waals surface area contributed by atoms with E-state index in [1.54, 1.807) is 0 Å². The minimum atomic E-state index is 0.455. The number of nitrogens with one attached hydrogen (secondary N) is 2. The van der Waals surface area contributed by atoms with Crippen molar-refractivity contribution in [3.05, 3.63) is 0 Å². The highest BCUT2D eigenvalue weighted by Crippen LogP contribution is 2.08. The molecule has 5 heteroatoms. The fraction of sp³-hybridized carbons (Fsp3) is 0.857. The second-order valence-electron chi connectivity index (χ2n) is 7.00. The largest absolute Gasteiger partial charge is 0.253 e. The molecule has 152 valence electrons. The highest BCUT2D eigenvalue weighted by Gasteiger charge is 1.92. The quantitative estimate of drug-likeness (QED) is 0.120. The SMILES string of the molecule is CCCCCCCCC/C=N/NC(=S)N/N=C/CCCCCCCCC. The Morgan fingerprint density at radius 3 is 1.35 bits per heavy atom. The zero-order valence-electron chi connectivity index (χ0n) is 17.3. The highest BCUT2D eigenvalue weighted by molar-refractivity contribution is 7.80. The molecule has 0 aromatic rings. The standard InChI is InChI=1S/C21H42N4S/c1-3-5-7-9-11-13-15-17-19-22-24-21(26)25-23-20-18-16-14-12-10-8-6-4-2/h19-20H,3-18H2,1-2H3,(H2,24,25,26)/b22-19+,23-20+. The molecule has 0 fully saturated rings. The van der Waals surface area contributed by atoms with E-state index in [2.05, 4.69) is 34.9 Å². The molecule has 0 bridgehead atoms. The maximum Gasteiger partial charge on any atom is 0.207 e. The molecular formula is C21H42N4S. The van der Waals surface area contributed by atoms with Crippen LogP contribution in [-0.2, 0) is 0 Å². The zero-order chi connectivity index (χ0) is 19.1. The van der Waals surface area contributed by atoms with Gasteiger partial charge < -0.3 is 0 Å². The Morgan fingerprint density at radius 1 is 0.615 bits per heavy atom. The molecule has 0 rings (SSSR count). The lowest BCUT2D eigenvalue weighted by Gasteiger charge is -2.01. The first kappa shape index (κ1) is 25.0. The van der Waals surface area contributed by atoms with Crippen LogP contribution in [0.2, 0.25) is 0 Å². The molecule has 0 atom stereocenters. The fourth-order valence-electron chi connectivity index (χ4n) is 2.75. The van der Waals surface area contributed by atoms with Gasteiger partial charge in [-0.05, 0) is 37.9 Å². The van der Waals surface area contributed by atoms with Crippen molar-refractivity contribution >= 4 is 29.8 Å². The average molecular weight is 383 g/mol. The van der Waals surface area contributed by atoms with Gasteiger partial charge >= 0.3 is 0 Å². The minimum Gasteiger partial charge on any atom is -0.253 e. The van der Waals surface area contributed by atoms with Gasteiger partial charge in [-0.25, -0.2) is 0 Å². The summed E-state index contributed by atoms with van der Waals surface area (Å²) in [4.78, 5) is 0. The molecule has 0 amide bonds. The maximum atomic E-state index is 5.12. The van der Waals surface area contributed by atoms with Gasteiger partial charge in [-0.1, -0.05) is 90.9 Å². The first-order valence-corrected chi connectivity index (χ1v) is 11.3. The molecule has 26 heavy (non-hydrogen) atoms. The lowest BCUT2D eigenvalue weighted by atomic mass is 10.1. The number of hydrazone groups is 2. The summed E-state index contributed by atoms with van der Waals surface area (Å²) in [5.41, 5.74) is 5.62. The zero-order valence-corrected chi connectivity index (χ0v) is 18.1. The Balaban J connectivity index is 3.34. The van der Waals surface area contributed by atoms with Gasteiger partial charge in [-0.3, -0.25) is 10.9 Å². The van der Waals surface area contributed by atoms with Gasteiger partial charge in [0.25, 0.3) is 0 Å². The monoisotopic (exact) mass is 382 g/mol. The number of thiocarbonyl (C=S) groups is 1. The van der Waals surface area contributed by atoms with Crippen LogP contribution in [0.3, 0.4) is 0 Å². The lowest BCUT2D eigenvalue weighted by molar-refractivity contribution is 0.596. The average Bonchev–Trinajstić information content (AvgIpc) is 2.64. The van der Waals surface area contributed by atoms with Gasteiger partial charge in [-0.15, -0.1) is 0 Å². The van der Waals surface area contributed by atoms with Crippen LogP contribution in [0.5, 0.6) is 0 Å². The van der Waals surface area contributed by atoms with Crippen molar-refractivity contribution in [2.45, 2.75) is 117 Å². The van der Waals surface area contributed by atoms with E-state index >= 15 is 0 Å². The van der Waals surface area contributed by atoms with Crippen molar-refractivity contribution in [1.82, 2.24) is 10.9 Å². The molecule has 2 N–H and O–H groups in total. The number of nitrogens with zero attached hydrogens (tertiary/aromatic N) is 2. The molecule has 0 heterocycles. The van der Waals surface area contributed by atoms with Crippen molar-refractivity contribution in [3.63, 3.8) is 0 Å². The van der Waals surface area contributed by atoms with Gasteiger partial charge in [0.2, 0.25) is 5.11 Å². The highest BCUT2D eigenvalue weighted by atomic mass is 32.1. The number of hydrogen-bond acceptors (Lipinski definition) is 3. The van der Waals surface area contributed by atoms with E-state index in [1.165, 1.54) is 89.9 Å². The van der Waals surface area contributed by atoms with Crippen LogP contribution in [-0.4, -0.2) is 17.5 Å². The van der Waals surface area contributed by atoms with Crippen molar-refractivity contribution in [1.29, 1.82) is 0 Å². The van der Waals surface area contributed by atoms with Gasteiger partial charge in [0.05, 0.1) is 0 Å². The number of rotatable bonds is 18. The third kappa shape index (κ3) is 21.1. The summed E-state index contributed by atoms with van der Waals surface area (Å²) >= 11 is 5.12. The van der Waals surface area contributed by atoms with E-state index in [-0.39, 0.29) is 0 Å². The van der Waals surface area contributed by atoms with E-state index in [9.17, 15) is 0 Å². The van der Waals surface area contributed by atoms with Gasteiger partial charge in [-0.2, -0.15) is 10.2 Å². The van der Waals surface area contributed by atoms with Crippen molar-refractivity contribution in [2.75, 3.05) is 0 Å². The molecule has 0 saturated carbocycles. The topological polar surface area (TPSA) is 48.8 Å². The predicted molar refractivity (Wildman–Crippen MR) is 121 cm³/mol. The normalized spacial score (nSPS) is 11.5. The lowest BCUT2D eigenvalue weighted by Crippen LogP contribution is -2.28. The van der Waals surface area contributed by atoms with Crippen LogP contribution in [0.15, 0.2) is 10.2 Å². The second-order valence-corrected chi connectivity index (χ2v) is 7.40. The number of unbranched alkanes of at least 4 members (excludes halogenated alkanes) is 14. The molecule has 4 nitrogen and oxygen atoms in total. The predicted octanol–water partition coefficient (Wildman–Crippen LogP) is 6.70. The Morgan fingerprint density at radius 2 is 0.962 bits per heavy atom. The Labute approximate surface area is 167 Å². The number of hydrogen-bond donors (Lipinski definition) is 2. The fourth-order valence-corrected chi connectivity index (χ4v) is 2.85. The summed E-state index contributed by atoms with van der Waals surface area (Å²) in [7, 11) is 0. The maximum absolute atomic E-state index is 5.12. The summed E-state index contributed by atoms with van der Waals surface area (Å²) in [6, 6.07) is 0. The van der Waals surface area contributed by atoms with Gasteiger partial charge in [0.1, 0.15) is 0 Å². The molecule has 0 spiro atoms. The molecule has 0 aliphatic rings. The summed E-state index contributed by atoms with van der Waals surface area (Å²) < 4.78 is 0. The summed E-state index contributed by atoms with van der Waals surface area (Å²) in [6.45, 7) is 4.51. The van der Waals surface area contributed by atoms with Crippen LogP contribution in [0, 0.1) is 0 Å². The van der Waals surface area contributed by atoms with Crippen LogP contribution in [0.4, 0.5) is 0 Å². The molecule has 0 aromatic carbocycles. The second kappa shape index (κ2) is 22.1. The Hall–Kier alpha value is -0.970. The minimum absolute atomic E-state index is 0.455. The van der Waals surface area contributed by atoms with E-state index in [4.69, 9.17) is 12.2 Å². The van der Waals surface area contributed by atoms with Gasteiger partial charge in [0.15, 0.2) is 0 Å². The van der Waals surface area contributed by atoms with Crippen molar-refractivity contribution in [2.24, 2.45) is 10.2 Å². The smallest absolute Gasteiger partial charge is 0.207 e. The summed E-state index contributed by atoms with van der Waals surface area (Å²) in [6.07, 6.45) is 24.4. The van der Waals surface area contributed by atoms with Crippen LogP contribution in [0.25, 0.3) is 0 Å². The van der Waals surface area contributed by atoms with Crippen LogP contribution in [0.1, 0.15) is 117 Å². The molecular weight excluding hydrogens is 340 g/mol. The third-order valence-corrected chi connectivity index (χ3v) is 4.57. The van der Waals surface area contributed by atoms with Gasteiger partial charge in [0, 0.05) is 12.4 Å². The van der Waals surface area contributed by atoms with E-state index in [0.717, 1.165) is 12.8 Å². The third-order valence-electron chi connectivity index (χ3n) is 4.39. The first-order chi connectivity index (χ1) is 12.8. The molecule has 0 saturated heterocycles. The van der Waals surface area contributed by atoms with Crippen LogP contribution >= 0.6 is 12.2 Å². The Bertz CT molecular complexity index is 324. The Kier molecular flexibility index (Phi) is 21.2. The first-order valence-electron chi connectivity index (χ1n) is 10.9. The van der Waals surface area contributed by atoms with Crippen molar-refractivity contribution in [3.8, 4) is 0 Å².